The van der Waals surface area contributed by atoms with E-state index in [1.807, 2.05) is 25.8 Å². The Morgan fingerprint density at radius 1 is 0.941 bits per heavy atom. The molecule has 0 bridgehead atoms. The molecule has 384 valence electrons. The average molecular weight is 964 g/mol. The van der Waals surface area contributed by atoms with E-state index in [-0.39, 0.29) is 43.4 Å². The molecule has 3 aliphatic rings. The molecule has 20 heteroatoms. The maximum Gasteiger partial charge on any atom is 0.311 e. The summed E-state index contributed by atoms with van der Waals surface area (Å²) in [5, 5.41) is 66.2. The van der Waals surface area contributed by atoms with Crippen LogP contribution in [0.1, 0.15) is 101 Å². The highest BCUT2D eigenvalue weighted by Gasteiger charge is 2.53. The molecule has 3 saturated heterocycles. The van der Waals surface area contributed by atoms with Gasteiger partial charge in [-0.05, 0) is 80.0 Å². The number of non-ortho nitro benzene ring substituents is 1. The van der Waals surface area contributed by atoms with Gasteiger partial charge in [-0.15, -0.1) is 5.10 Å². The van der Waals surface area contributed by atoms with Crippen LogP contribution in [0.4, 0.5) is 5.69 Å². The van der Waals surface area contributed by atoms with Crippen LogP contribution in [0.3, 0.4) is 0 Å². The zero-order chi connectivity index (χ0) is 50.6. The van der Waals surface area contributed by atoms with Gasteiger partial charge in [-0.25, -0.2) is 4.68 Å². The number of methoxy groups -OCH3 is 2. The molecule has 2 aromatic rings. The first kappa shape index (κ1) is 55.4. The van der Waals surface area contributed by atoms with Crippen LogP contribution in [0, 0.1) is 33.8 Å². The van der Waals surface area contributed by atoms with Gasteiger partial charge in [-0.2, -0.15) is 0 Å². The molecule has 1 aromatic heterocycles. The van der Waals surface area contributed by atoms with Gasteiger partial charge < -0.3 is 58.5 Å². The van der Waals surface area contributed by atoms with E-state index in [4.69, 9.17) is 33.2 Å². The fourth-order valence-corrected chi connectivity index (χ4v) is 10.5. The third kappa shape index (κ3) is 12.1. The molecule has 0 spiro atoms. The number of likely N-dealkylation sites (N-methyl/N-ethyl adjacent to an activating group) is 1. The van der Waals surface area contributed by atoms with Crippen molar-refractivity contribution in [2.24, 2.45) is 23.7 Å². The number of carbonyl (C=O) groups is 2. The van der Waals surface area contributed by atoms with Crippen molar-refractivity contribution >= 4 is 17.4 Å². The number of hydrogen-bond donors (Lipinski definition) is 4. The number of nitro benzene ring substituents is 1. The van der Waals surface area contributed by atoms with Gasteiger partial charge in [0.25, 0.3) is 5.69 Å². The van der Waals surface area contributed by atoms with E-state index in [0.717, 1.165) is 0 Å². The summed E-state index contributed by atoms with van der Waals surface area (Å²) in [6, 6.07) is 5.52. The van der Waals surface area contributed by atoms with Gasteiger partial charge in [0.1, 0.15) is 29.7 Å². The summed E-state index contributed by atoms with van der Waals surface area (Å²) in [6.45, 7) is 17.5. The zero-order valence-corrected chi connectivity index (χ0v) is 42.0. The molecule has 4 heterocycles. The molecule has 3 aliphatic heterocycles. The average Bonchev–Trinajstić information content (AvgIpc) is 3.79. The Balaban J connectivity index is 1.47. The highest BCUT2D eigenvalue weighted by Crippen LogP contribution is 2.41. The van der Waals surface area contributed by atoms with Crippen LogP contribution in [-0.4, -0.2) is 175 Å². The van der Waals surface area contributed by atoms with E-state index in [0.29, 0.717) is 30.8 Å². The number of Topliss-reactive ketones (excluding diaryl/α,β-unsaturated/α-hetero) is 1. The van der Waals surface area contributed by atoms with Crippen LogP contribution in [0.2, 0.25) is 0 Å². The third-order valence-corrected chi connectivity index (χ3v) is 15.0. The van der Waals surface area contributed by atoms with E-state index in [1.165, 1.54) is 33.3 Å². The summed E-state index contributed by atoms with van der Waals surface area (Å²) in [5.74, 6) is -4.66. The first-order valence-corrected chi connectivity index (χ1v) is 23.9. The van der Waals surface area contributed by atoms with Crippen LogP contribution in [-0.2, 0) is 49.2 Å². The summed E-state index contributed by atoms with van der Waals surface area (Å²) in [4.78, 5) is 41.3. The van der Waals surface area contributed by atoms with Crippen LogP contribution in [0.15, 0.2) is 30.5 Å². The van der Waals surface area contributed by atoms with Gasteiger partial charge in [0.05, 0.1) is 82.9 Å². The number of nitro groups is 1. The fraction of sp³-hybridized carbons (Fsp3) is 0.792. The molecule has 68 heavy (non-hydrogen) atoms. The number of rotatable bonds is 14. The number of ketones is 1. The summed E-state index contributed by atoms with van der Waals surface area (Å²) < 4.78 is 46.0. The molecule has 20 nitrogen and oxygen atoms in total. The Bertz CT molecular complexity index is 1990. The van der Waals surface area contributed by atoms with E-state index < -0.39 is 113 Å². The number of hydrogen-bond acceptors (Lipinski definition) is 18. The Hall–Kier alpha value is -3.54. The molecule has 5 rings (SSSR count). The predicted molar refractivity (Wildman–Crippen MR) is 247 cm³/mol. The van der Waals surface area contributed by atoms with Crippen molar-refractivity contribution in [2.75, 3.05) is 34.4 Å². The third-order valence-electron chi connectivity index (χ3n) is 15.0. The van der Waals surface area contributed by atoms with Gasteiger partial charge in [-0.3, -0.25) is 19.7 Å². The molecule has 0 unspecified atom stereocenters. The Morgan fingerprint density at radius 3 is 2.19 bits per heavy atom. The second-order valence-electron chi connectivity index (χ2n) is 20.2. The number of ether oxygens (including phenoxy) is 7. The fourth-order valence-electron chi connectivity index (χ4n) is 10.5. The van der Waals surface area contributed by atoms with Crippen molar-refractivity contribution < 1.29 is 68.1 Å². The second-order valence-corrected chi connectivity index (χ2v) is 20.2. The summed E-state index contributed by atoms with van der Waals surface area (Å²) in [5.41, 5.74) is -3.03. The first-order valence-electron chi connectivity index (χ1n) is 23.9. The van der Waals surface area contributed by atoms with Crippen molar-refractivity contribution in [2.45, 2.75) is 185 Å². The van der Waals surface area contributed by atoms with Crippen LogP contribution in [0.25, 0.3) is 5.69 Å². The molecule has 1 aromatic carbocycles. The molecule has 3 fully saturated rings. The monoisotopic (exact) mass is 964 g/mol. The number of esters is 1. The lowest BCUT2D eigenvalue weighted by Gasteiger charge is -2.49. The smallest absolute Gasteiger partial charge is 0.311 e. The lowest BCUT2D eigenvalue weighted by atomic mass is 9.74. The predicted octanol–water partition coefficient (Wildman–Crippen LogP) is 3.58. The van der Waals surface area contributed by atoms with E-state index in [9.17, 15) is 40.1 Å². The van der Waals surface area contributed by atoms with Gasteiger partial charge in [0.2, 0.25) is 0 Å². The first-order chi connectivity index (χ1) is 31.8. The van der Waals surface area contributed by atoms with Crippen molar-refractivity contribution in [3.8, 4) is 5.69 Å². The number of benzene rings is 1. The number of aliphatic hydroxyl groups is 4. The van der Waals surface area contributed by atoms with Crippen molar-refractivity contribution in [3.05, 3.63) is 46.3 Å². The van der Waals surface area contributed by atoms with Gasteiger partial charge in [0.15, 0.2) is 6.29 Å². The minimum Gasteiger partial charge on any atom is -0.459 e. The highest BCUT2D eigenvalue weighted by molar-refractivity contribution is 5.83. The normalized spacial score (nSPS) is 40.2. The molecular weight excluding hydrogens is 887 g/mol. The van der Waals surface area contributed by atoms with Gasteiger partial charge in [-0.1, -0.05) is 32.9 Å². The molecule has 4 N–H and O–H groups in total. The largest absolute Gasteiger partial charge is 0.459 e. The number of cyclic esters (lactones) is 1. The van der Waals surface area contributed by atoms with E-state index in [2.05, 4.69) is 10.3 Å². The number of carbonyl (C=O) groups excluding carboxylic acids is 2. The maximum atomic E-state index is 14.4. The molecule has 0 saturated carbocycles. The van der Waals surface area contributed by atoms with Crippen LogP contribution in [0.5, 0.6) is 0 Å². The van der Waals surface area contributed by atoms with Crippen LogP contribution >= 0.6 is 0 Å². The Kier molecular flexibility index (Phi) is 18.5. The summed E-state index contributed by atoms with van der Waals surface area (Å²) >= 11 is 0. The highest BCUT2D eigenvalue weighted by atomic mass is 16.7. The minimum absolute atomic E-state index is 0.0345. The zero-order valence-electron chi connectivity index (χ0n) is 42.0. The van der Waals surface area contributed by atoms with E-state index in [1.54, 1.807) is 71.5 Å². The summed E-state index contributed by atoms with van der Waals surface area (Å²) in [6.07, 6.45) is -6.59. The van der Waals surface area contributed by atoms with Crippen molar-refractivity contribution in [3.63, 3.8) is 0 Å². The van der Waals surface area contributed by atoms with Crippen LogP contribution < -0.4 is 0 Å². The Labute approximate surface area is 400 Å². The lowest BCUT2D eigenvalue weighted by molar-refractivity contribution is -0.384. The van der Waals surface area contributed by atoms with Crippen molar-refractivity contribution in [1.82, 2.24) is 19.9 Å². The molecule has 18 atom stereocenters. The maximum absolute atomic E-state index is 14.4. The molecule has 0 radical (unpaired) electrons. The number of nitrogens with zero attached hydrogens (tertiary/aromatic N) is 5. The molecule has 0 aliphatic carbocycles. The van der Waals surface area contributed by atoms with Gasteiger partial charge >= 0.3 is 5.97 Å². The minimum atomic E-state index is -2.00. The topological polar surface area (TPSA) is 257 Å². The number of aromatic nitrogens is 3. The molecular formula is C48H77N5O15. The Morgan fingerprint density at radius 2 is 1.59 bits per heavy atom. The second kappa shape index (κ2) is 22.7. The summed E-state index contributed by atoms with van der Waals surface area (Å²) in [7, 11) is 4.90. The van der Waals surface area contributed by atoms with Crippen molar-refractivity contribution in [1.29, 1.82) is 0 Å². The van der Waals surface area contributed by atoms with E-state index >= 15 is 0 Å². The number of aliphatic hydroxyl groups excluding tert-OH is 3. The molecule has 0 amide bonds. The van der Waals surface area contributed by atoms with Gasteiger partial charge in [0, 0.05) is 69.5 Å². The lowest BCUT2D eigenvalue weighted by Crippen LogP contribution is -2.61. The standard InChI is InChI=1S/C48H77N5O15/c1-14-37-48(10,59)41(56)28(4)38(54)26(2)22-47(9,63-13)43(29(5)40(30(6)44(58)67-37)64-25-35-23-46(8,62-12)42(57)31(7)66-35)68-45-39(55)36(21-27(3)65-45)51(11)20-19-32-24-52(50-49-32)33-15-17-34(18-16-33)53(60)61/h15-18,24,26-31,35-37,39-43,45,55-57,59H,14,19-23,25H2,1-13H3/t26-,27-,28+,29+,30-,31+,35-,36+,37-,39-,40+,41-,42+,43-,45+,46-,47-,48-/m1/s1. The quantitative estimate of drug-likeness (QED) is 0.120. The SMILES string of the molecule is CC[C@H]1OC(=O)[C@H](C)[C@@H](OC[C@H]2C[C@@](C)(OC)[C@@H](O)[C@H](C)O2)[C@H](C)[C@@H](O[C@@H]2O[C@H](C)C[C@H](N(C)CCc3cn(-c4ccc([N+](=O)[O-])cc4)nn3)[C@H]2O)[C@](C)(OC)C[C@@H](C)C(=O)[C@H](C)[C@@H](O)[C@]1(C)O.